The third-order valence-corrected chi connectivity index (χ3v) is 3.05. The third kappa shape index (κ3) is 4.61. The van der Waals surface area contributed by atoms with Gasteiger partial charge in [-0.05, 0) is 35.9 Å². The number of benzene rings is 1. The van der Waals surface area contributed by atoms with Crippen molar-refractivity contribution in [2.45, 2.75) is 0 Å². The van der Waals surface area contributed by atoms with Crippen molar-refractivity contribution in [1.29, 1.82) is 0 Å². The van der Waals surface area contributed by atoms with Gasteiger partial charge in [-0.25, -0.2) is 0 Å². The summed E-state index contributed by atoms with van der Waals surface area (Å²) in [6, 6.07) is 10.6. The molecule has 0 fully saturated rings. The molecule has 0 aliphatic carbocycles. The minimum atomic E-state index is -3.59. The number of nitrogens with zero attached hydrogens (tertiary/aromatic N) is 1. The van der Waals surface area contributed by atoms with Crippen LogP contribution in [0.1, 0.15) is 11.3 Å². The van der Waals surface area contributed by atoms with E-state index in [1.165, 1.54) is 7.11 Å². The summed E-state index contributed by atoms with van der Waals surface area (Å²) in [7, 11) is -2.13. The summed E-state index contributed by atoms with van der Waals surface area (Å²) in [6.45, 7) is 0. The molecule has 2 aromatic rings. The van der Waals surface area contributed by atoms with Gasteiger partial charge in [0.1, 0.15) is 0 Å². The van der Waals surface area contributed by atoms with Gasteiger partial charge in [-0.3, -0.25) is 4.98 Å². The van der Waals surface area contributed by atoms with Gasteiger partial charge in [0.25, 0.3) is 0 Å². The number of pyridine rings is 1. The van der Waals surface area contributed by atoms with Gasteiger partial charge in [0.2, 0.25) is 0 Å². The average Bonchev–Trinajstić information content (AvgIpc) is 2.46. The van der Waals surface area contributed by atoms with E-state index in [1.54, 1.807) is 24.4 Å². The van der Waals surface area contributed by atoms with E-state index >= 15 is 0 Å². The number of aromatic nitrogens is 1. The van der Waals surface area contributed by atoms with Crippen molar-refractivity contribution in [2.24, 2.45) is 0 Å². The Morgan fingerprint density at radius 1 is 1.10 bits per heavy atom. The van der Waals surface area contributed by atoms with Gasteiger partial charge in [-0.15, -0.1) is 0 Å². The van der Waals surface area contributed by atoms with Crippen LogP contribution in [-0.2, 0) is 10.1 Å². The summed E-state index contributed by atoms with van der Waals surface area (Å²) in [6.07, 6.45) is 6.41. The summed E-state index contributed by atoms with van der Waals surface area (Å²) < 4.78 is 32.3. The van der Waals surface area contributed by atoms with Gasteiger partial charge >= 0.3 is 10.1 Å². The molecule has 0 saturated carbocycles. The smallest absolute Gasteiger partial charge is 0.306 e. The lowest BCUT2D eigenvalue weighted by Gasteiger charge is -2.09. The third-order valence-electron chi connectivity index (χ3n) is 2.56. The molecule has 1 aromatic heterocycles. The topological polar surface area (TPSA) is 65.5 Å². The quantitative estimate of drug-likeness (QED) is 0.794. The predicted octanol–water partition coefficient (Wildman–Crippen LogP) is 2.60. The van der Waals surface area contributed by atoms with Crippen LogP contribution < -0.4 is 8.92 Å². The van der Waals surface area contributed by atoms with Crippen molar-refractivity contribution in [2.75, 3.05) is 13.4 Å². The Morgan fingerprint density at radius 2 is 1.90 bits per heavy atom. The molecule has 0 radical (unpaired) electrons. The van der Waals surface area contributed by atoms with Gasteiger partial charge in [0.15, 0.2) is 11.5 Å². The first-order valence-corrected chi connectivity index (χ1v) is 7.96. The highest BCUT2D eigenvalue weighted by molar-refractivity contribution is 7.86. The number of hydrogen-bond acceptors (Lipinski definition) is 5. The highest BCUT2D eigenvalue weighted by Gasteiger charge is 2.10. The standard InChI is InChI=1S/C15H15NO4S/c1-19-15-11-12(6-8-13-5-3-4-10-16-13)7-9-14(15)20-21(2,17)18/h3-11H,1-2H3/b8-6+. The average molecular weight is 305 g/mol. The van der Waals surface area contributed by atoms with E-state index in [-0.39, 0.29) is 5.75 Å². The molecule has 2 rings (SSSR count). The zero-order valence-electron chi connectivity index (χ0n) is 11.7. The van der Waals surface area contributed by atoms with Crippen molar-refractivity contribution in [3.63, 3.8) is 0 Å². The van der Waals surface area contributed by atoms with E-state index in [9.17, 15) is 8.42 Å². The van der Waals surface area contributed by atoms with Crippen LogP contribution >= 0.6 is 0 Å². The van der Waals surface area contributed by atoms with Gasteiger partial charge in [0, 0.05) is 6.20 Å². The first-order chi connectivity index (χ1) is 9.98. The highest BCUT2D eigenvalue weighted by Crippen LogP contribution is 2.29. The van der Waals surface area contributed by atoms with E-state index in [4.69, 9.17) is 8.92 Å². The Kier molecular flexibility index (Phi) is 4.59. The fourth-order valence-electron chi connectivity index (χ4n) is 1.68. The fraction of sp³-hybridized carbons (Fsp3) is 0.133. The van der Waals surface area contributed by atoms with Gasteiger partial charge in [0.05, 0.1) is 19.1 Å². The Balaban J connectivity index is 2.25. The molecule has 1 aromatic carbocycles. The molecule has 1 heterocycles. The first kappa shape index (κ1) is 15.1. The van der Waals surface area contributed by atoms with Crippen LogP contribution in [0.3, 0.4) is 0 Å². The van der Waals surface area contributed by atoms with Crippen LogP contribution in [0.25, 0.3) is 12.2 Å². The summed E-state index contributed by atoms with van der Waals surface area (Å²) in [5.41, 5.74) is 1.67. The van der Waals surface area contributed by atoms with E-state index in [2.05, 4.69) is 4.98 Å². The minimum absolute atomic E-state index is 0.162. The zero-order valence-corrected chi connectivity index (χ0v) is 12.5. The van der Waals surface area contributed by atoms with Gasteiger partial charge in [-0.2, -0.15) is 8.42 Å². The molecular formula is C15H15NO4S. The van der Waals surface area contributed by atoms with Crippen molar-refractivity contribution < 1.29 is 17.3 Å². The summed E-state index contributed by atoms with van der Waals surface area (Å²) in [5.74, 6) is 0.513. The molecular weight excluding hydrogens is 290 g/mol. The second kappa shape index (κ2) is 6.41. The largest absolute Gasteiger partial charge is 0.493 e. The lowest BCUT2D eigenvalue weighted by atomic mass is 10.1. The summed E-state index contributed by atoms with van der Waals surface area (Å²) in [5, 5.41) is 0. The van der Waals surface area contributed by atoms with Crippen LogP contribution in [-0.4, -0.2) is 26.8 Å². The van der Waals surface area contributed by atoms with Gasteiger partial charge in [-0.1, -0.05) is 18.2 Å². The molecule has 0 saturated heterocycles. The van der Waals surface area contributed by atoms with Crippen LogP contribution in [0, 0.1) is 0 Å². The Labute approximate surface area is 124 Å². The van der Waals surface area contributed by atoms with E-state index in [1.807, 2.05) is 30.4 Å². The Hall–Kier alpha value is -2.34. The molecule has 0 amide bonds. The SMILES string of the molecule is COc1cc(/C=C/c2ccccn2)ccc1OS(C)(=O)=O. The summed E-state index contributed by atoms with van der Waals surface area (Å²) >= 11 is 0. The second-order valence-corrected chi connectivity index (χ2v) is 5.86. The second-order valence-electron chi connectivity index (χ2n) is 4.29. The van der Waals surface area contributed by atoms with Crippen molar-refractivity contribution in [3.8, 4) is 11.5 Å². The first-order valence-electron chi connectivity index (χ1n) is 6.14. The zero-order chi connectivity index (χ0) is 15.3. The predicted molar refractivity (Wildman–Crippen MR) is 81.6 cm³/mol. The van der Waals surface area contributed by atoms with Crippen LogP contribution in [0.2, 0.25) is 0 Å². The fourth-order valence-corrected chi connectivity index (χ4v) is 2.14. The molecule has 0 aliphatic heterocycles. The van der Waals surface area contributed by atoms with Gasteiger partial charge < -0.3 is 8.92 Å². The Morgan fingerprint density at radius 3 is 2.52 bits per heavy atom. The lowest BCUT2D eigenvalue weighted by molar-refractivity contribution is 0.391. The van der Waals surface area contributed by atoms with Crippen LogP contribution in [0.4, 0.5) is 0 Å². The monoisotopic (exact) mass is 305 g/mol. The molecule has 0 bridgehead atoms. The molecule has 21 heavy (non-hydrogen) atoms. The lowest BCUT2D eigenvalue weighted by Crippen LogP contribution is -2.06. The normalized spacial score (nSPS) is 11.5. The molecule has 0 unspecified atom stereocenters. The summed E-state index contributed by atoms with van der Waals surface area (Å²) in [4.78, 5) is 4.18. The number of rotatable bonds is 5. The van der Waals surface area contributed by atoms with E-state index in [0.29, 0.717) is 5.75 Å². The molecule has 6 heteroatoms. The maximum atomic E-state index is 11.2. The minimum Gasteiger partial charge on any atom is -0.493 e. The van der Waals surface area contributed by atoms with Crippen LogP contribution in [0.5, 0.6) is 11.5 Å². The number of hydrogen-bond donors (Lipinski definition) is 0. The number of ether oxygens (including phenoxy) is 1. The molecule has 0 atom stereocenters. The number of methoxy groups -OCH3 is 1. The molecule has 110 valence electrons. The maximum Gasteiger partial charge on any atom is 0.306 e. The maximum absolute atomic E-state index is 11.2. The Bertz CT molecular complexity index is 740. The molecule has 0 spiro atoms. The van der Waals surface area contributed by atoms with Crippen molar-refractivity contribution >= 4 is 22.3 Å². The van der Waals surface area contributed by atoms with Crippen molar-refractivity contribution in [3.05, 3.63) is 53.9 Å². The van der Waals surface area contributed by atoms with Crippen LogP contribution in [0.15, 0.2) is 42.6 Å². The van der Waals surface area contributed by atoms with Crippen molar-refractivity contribution in [1.82, 2.24) is 4.98 Å². The van der Waals surface area contributed by atoms with E-state index < -0.39 is 10.1 Å². The molecule has 5 nitrogen and oxygen atoms in total. The van der Waals surface area contributed by atoms with E-state index in [0.717, 1.165) is 17.5 Å². The molecule has 0 aliphatic rings. The molecule has 0 N–H and O–H groups in total. The highest BCUT2D eigenvalue weighted by atomic mass is 32.2.